The molecule has 3 amide bonds. The zero-order chi connectivity index (χ0) is 32.3. The van der Waals surface area contributed by atoms with Gasteiger partial charge in [0, 0.05) is 32.6 Å². The molecule has 1 N–H and O–H groups in total. The molecule has 2 aliphatic rings. The highest BCUT2D eigenvalue weighted by atomic mass is 32.2. The molecule has 1 aromatic heterocycles. The van der Waals surface area contributed by atoms with Crippen molar-refractivity contribution in [2.24, 2.45) is 0 Å². The molecule has 4 aromatic rings. The van der Waals surface area contributed by atoms with Gasteiger partial charge in [0.1, 0.15) is 18.4 Å². The third-order valence-electron chi connectivity index (χ3n) is 7.95. The lowest BCUT2D eigenvalue weighted by Gasteiger charge is -2.39. The van der Waals surface area contributed by atoms with Gasteiger partial charge in [0.15, 0.2) is 6.61 Å². The van der Waals surface area contributed by atoms with Crippen molar-refractivity contribution in [1.82, 2.24) is 29.3 Å². The zero-order valence-corrected chi connectivity index (χ0v) is 25.9. The number of hydrogen-bond donors (Lipinski definition) is 1. The molecule has 6 rings (SSSR count). The summed E-state index contributed by atoms with van der Waals surface area (Å²) in [5.41, 5.74) is 3.69. The van der Waals surface area contributed by atoms with Crippen LogP contribution in [0.15, 0.2) is 96.4 Å². The van der Waals surface area contributed by atoms with Crippen molar-refractivity contribution in [2.45, 2.75) is 24.3 Å². The molecule has 2 aliphatic heterocycles. The summed E-state index contributed by atoms with van der Waals surface area (Å²) in [6, 6.07) is 21.0. The molecule has 0 bridgehead atoms. The SMILES string of the molecule is CCC(=O)N1CC(NC(=O)COc2ccc(-c3ccc(S(=O)(=O)n4cncn4)cc3)cc2C(=O)N2CC=C(c3ccccc3)C2)C1. The van der Waals surface area contributed by atoms with Crippen molar-refractivity contribution in [3.05, 3.63) is 103 Å². The average molecular weight is 641 g/mol. The van der Waals surface area contributed by atoms with Crippen molar-refractivity contribution < 1.29 is 27.5 Å². The maximum Gasteiger partial charge on any atom is 0.284 e. The summed E-state index contributed by atoms with van der Waals surface area (Å²) in [5, 5.41) is 6.60. The molecule has 3 heterocycles. The van der Waals surface area contributed by atoms with E-state index in [2.05, 4.69) is 15.4 Å². The van der Waals surface area contributed by atoms with Crippen molar-refractivity contribution in [3.63, 3.8) is 0 Å². The minimum atomic E-state index is -3.89. The fourth-order valence-electron chi connectivity index (χ4n) is 5.40. The molecule has 46 heavy (non-hydrogen) atoms. The van der Waals surface area contributed by atoms with Gasteiger partial charge < -0.3 is 19.9 Å². The summed E-state index contributed by atoms with van der Waals surface area (Å²) in [5.74, 6) is -0.325. The van der Waals surface area contributed by atoms with Gasteiger partial charge in [-0.2, -0.15) is 8.42 Å². The minimum absolute atomic E-state index is 0.0363. The number of nitrogens with one attached hydrogen (secondary N) is 1. The van der Waals surface area contributed by atoms with E-state index in [0.29, 0.717) is 43.7 Å². The first kappa shape index (κ1) is 30.7. The first-order valence-corrected chi connectivity index (χ1v) is 16.3. The van der Waals surface area contributed by atoms with Crippen molar-refractivity contribution in [1.29, 1.82) is 0 Å². The molecule has 13 heteroatoms. The number of nitrogens with zero attached hydrogens (tertiary/aromatic N) is 5. The van der Waals surface area contributed by atoms with E-state index in [0.717, 1.165) is 27.9 Å². The minimum Gasteiger partial charge on any atom is -0.483 e. The van der Waals surface area contributed by atoms with Crippen LogP contribution in [0.5, 0.6) is 5.75 Å². The molecule has 0 saturated carbocycles. The number of hydrogen-bond acceptors (Lipinski definition) is 8. The fourth-order valence-corrected chi connectivity index (χ4v) is 6.44. The second-order valence-corrected chi connectivity index (χ2v) is 12.8. The topological polar surface area (TPSA) is 144 Å². The summed E-state index contributed by atoms with van der Waals surface area (Å²) in [6.45, 7) is 3.24. The fraction of sp³-hybridized carbons (Fsp3) is 0.242. The summed E-state index contributed by atoms with van der Waals surface area (Å²) in [4.78, 5) is 45.6. The summed E-state index contributed by atoms with van der Waals surface area (Å²) < 4.78 is 32.3. The van der Waals surface area contributed by atoms with Gasteiger partial charge in [0.2, 0.25) is 5.91 Å². The van der Waals surface area contributed by atoms with E-state index in [4.69, 9.17) is 4.74 Å². The second-order valence-electron chi connectivity index (χ2n) is 11.0. The zero-order valence-electron chi connectivity index (χ0n) is 25.1. The lowest BCUT2D eigenvalue weighted by atomic mass is 10.0. The van der Waals surface area contributed by atoms with E-state index in [1.165, 1.54) is 12.1 Å². The Kier molecular flexibility index (Phi) is 8.66. The van der Waals surface area contributed by atoms with Crippen molar-refractivity contribution >= 4 is 33.3 Å². The summed E-state index contributed by atoms with van der Waals surface area (Å²) >= 11 is 0. The third-order valence-corrected chi connectivity index (χ3v) is 9.50. The highest BCUT2D eigenvalue weighted by Crippen LogP contribution is 2.31. The van der Waals surface area contributed by atoms with Crippen LogP contribution in [0.1, 0.15) is 29.3 Å². The summed E-state index contributed by atoms with van der Waals surface area (Å²) in [6.07, 6.45) is 4.70. The molecule has 236 valence electrons. The van der Waals surface area contributed by atoms with Gasteiger partial charge >= 0.3 is 0 Å². The quantitative estimate of drug-likeness (QED) is 0.279. The monoisotopic (exact) mass is 640 g/mol. The van der Waals surface area contributed by atoms with E-state index >= 15 is 0 Å². The van der Waals surface area contributed by atoms with Crippen LogP contribution in [0.25, 0.3) is 16.7 Å². The lowest BCUT2D eigenvalue weighted by Crippen LogP contribution is -2.61. The highest BCUT2D eigenvalue weighted by molar-refractivity contribution is 7.89. The molecule has 0 spiro atoms. The summed E-state index contributed by atoms with van der Waals surface area (Å²) in [7, 11) is -3.89. The molecule has 1 fully saturated rings. The second kappa shape index (κ2) is 13.0. The number of carbonyl (C=O) groups excluding carboxylic acids is 3. The van der Waals surface area contributed by atoms with Crippen LogP contribution in [0.2, 0.25) is 0 Å². The van der Waals surface area contributed by atoms with E-state index in [1.54, 1.807) is 47.1 Å². The number of amides is 3. The average Bonchev–Trinajstić information content (AvgIpc) is 3.79. The van der Waals surface area contributed by atoms with Gasteiger partial charge in [0.05, 0.1) is 16.5 Å². The van der Waals surface area contributed by atoms with Crippen LogP contribution in [0, 0.1) is 0 Å². The van der Waals surface area contributed by atoms with E-state index in [9.17, 15) is 22.8 Å². The maximum atomic E-state index is 13.9. The van der Waals surface area contributed by atoms with Crippen molar-refractivity contribution in [3.8, 4) is 16.9 Å². The van der Waals surface area contributed by atoms with Crippen molar-refractivity contribution in [2.75, 3.05) is 32.8 Å². The largest absolute Gasteiger partial charge is 0.483 e. The van der Waals surface area contributed by atoms with Gasteiger partial charge in [-0.3, -0.25) is 14.4 Å². The Balaban J connectivity index is 1.21. The first-order chi connectivity index (χ1) is 22.2. The van der Waals surface area contributed by atoms with Crippen LogP contribution in [-0.4, -0.2) is 88.9 Å². The van der Waals surface area contributed by atoms with Crippen LogP contribution < -0.4 is 10.1 Å². The molecule has 0 radical (unpaired) electrons. The van der Waals surface area contributed by atoms with Gasteiger partial charge in [-0.15, -0.1) is 9.19 Å². The van der Waals surface area contributed by atoms with Gasteiger partial charge in [-0.05, 0) is 46.5 Å². The molecule has 3 aromatic carbocycles. The Bertz CT molecular complexity index is 1890. The first-order valence-electron chi connectivity index (χ1n) is 14.8. The van der Waals surface area contributed by atoms with Gasteiger partial charge in [0.25, 0.3) is 21.8 Å². The molecule has 1 saturated heterocycles. The number of benzene rings is 3. The molecular weight excluding hydrogens is 608 g/mol. The van der Waals surface area contributed by atoms with Gasteiger partial charge in [-0.25, -0.2) is 4.98 Å². The standard InChI is InChI=1S/C33H32N6O6S/c1-2-32(41)38-18-27(19-38)36-31(40)20-45-30-13-10-25(24-8-11-28(12-9-24)46(43,44)39-22-34-21-35-39)16-29(30)33(42)37-15-14-26(17-37)23-6-4-3-5-7-23/h3-14,16,21-22,27H,2,15,17-20H2,1H3,(H,36,40). The van der Waals surface area contributed by atoms with Crippen LogP contribution >= 0.6 is 0 Å². The predicted molar refractivity (Wildman–Crippen MR) is 169 cm³/mol. The number of rotatable bonds is 10. The maximum absolute atomic E-state index is 13.9. The smallest absolute Gasteiger partial charge is 0.284 e. The Hall–Kier alpha value is -5.30. The molecule has 12 nitrogen and oxygen atoms in total. The molecule has 0 aliphatic carbocycles. The molecular formula is C33H32N6O6S. The molecule has 0 unspecified atom stereocenters. The van der Waals surface area contributed by atoms with E-state index in [-0.39, 0.29) is 46.6 Å². The Morgan fingerprint density at radius 2 is 1.67 bits per heavy atom. The van der Waals surface area contributed by atoms with Crippen LogP contribution in [0.3, 0.4) is 0 Å². The number of carbonyl (C=O) groups is 3. The molecule has 0 atom stereocenters. The van der Waals surface area contributed by atoms with Crippen LogP contribution in [0.4, 0.5) is 0 Å². The van der Waals surface area contributed by atoms with E-state index in [1.807, 2.05) is 36.4 Å². The van der Waals surface area contributed by atoms with Gasteiger partial charge in [-0.1, -0.05) is 61.5 Å². The number of ether oxygens (including phenoxy) is 1. The third kappa shape index (κ3) is 6.40. The van der Waals surface area contributed by atoms with E-state index < -0.39 is 10.0 Å². The Morgan fingerprint density at radius 3 is 2.37 bits per heavy atom. The van der Waals surface area contributed by atoms with Crippen LogP contribution in [-0.2, 0) is 19.6 Å². The number of likely N-dealkylation sites (tertiary alicyclic amines) is 1. The Morgan fingerprint density at radius 1 is 0.935 bits per heavy atom. The Labute approximate surface area is 266 Å². The lowest BCUT2D eigenvalue weighted by molar-refractivity contribution is -0.138. The highest BCUT2D eigenvalue weighted by Gasteiger charge is 2.31. The normalized spacial score (nSPS) is 14.8. The predicted octanol–water partition coefficient (Wildman–Crippen LogP) is 2.84. The number of aromatic nitrogens is 3.